The average Bonchev–Trinajstić information content (AvgIpc) is 2.39. The van der Waals surface area contributed by atoms with Crippen LogP contribution in [-0.4, -0.2) is 24.4 Å². The van der Waals surface area contributed by atoms with Crippen molar-refractivity contribution < 1.29 is 9.59 Å². The van der Waals surface area contributed by atoms with E-state index in [1.54, 1.807) is 6.07 Å². The van der Waals surface area contributed by atoms with Crippen molar-refractivity contribution in [2.75, 3.05) is 6.54 Å². The minimum absolute atomic E-state index is 0.0137. The molecule has 0 heterocycles. The van der Waals surface area contributed by atoms with Crippen LogP contribution >= 0.6 is 0 Å². The summed E-state index contributed by atoms with van der Waals surface area (Å²) < 4.78 is 0. The summed E-state index contributed by atoms with van der Waals surface area (Å²) in [7, 11) is 0. The van der Waals surface area contributed by atoms with Gasteiger partial charge in [-0.25, -0.2) is 0 Å². The van der Waals surface area contributed by atoms with Crippen LogP contribution in [0.15, 0.2) is 18.2 Å². The van der Waals surface area contributed by atoms with Crippen LogP contribution in [0.1, 0.15) is 48.2 Å². The Labute approximate surface area is 121 Å². The molecule has 4 nitrogen and oxygen atoms in total. The molecule has 1 unspecified atom stereocenters. The highest BCUT2D eigenvalue weighted by Crippen LogP contribution is 2.09. The zero-order chi connectivity index (χ0) is 15.1. The number of aryl methyl sites for hydroxylation is 2. The van der Waals surface area contributed by atoms with Gasteiger partial charge in [0.25, 0.3) is 5.91 Å². The smallest absolute Gasteiger partial charge is 0.251 e. The molecule has 0 saturated heterocycles. The highest BCUT2D eigenvalue weighted by atomic mass is 16.2. The molecule has 0 aliphatic rings. The van der Waals surface area contributed by atoms with Crippen LogP contribution in [-0.2, 0) is 4.79 Å². The molecular weight excluding hydrogens is 252 g/mol. The summed E-state index contributed by atoms with van der Waals surface area (Å²) in [6.07, 6.45) is 1.97. The van der Waals surface area contributed by atoms with Crippen LogP contribution < -0.4 is 10.6 Å². The van der Waals surface area contributed by atoms with Crippen molar-refractivity contribution >= 4 is 11.8 Å². The molecule has 0 saturated carbocycles. The van der Waals surface area contributed by atoms with Crippen molar-refractivity contribution in [1.82, 2.24) is 10.6 Å². The van der Waals surface area contributed by atoms with Crippen molar-refractivity contribution in [3.05, 3.63) is 34.9 Å². The Morgan fingerprint density at radius 3 is 2.50 bits per heavy atom. The van der Waals surface area contributed by atoms with E-state index in [0.29, 0.717) is 5.56 Å². The molecule has 0 bridgehead atoms. The van der Waals surface area contributed by atoms with Gasteiger partial charge in [0.15, 0.2) is 0 Å². The van der Waals surface area contributed by atoms with E-state index < -0.39 is 0 Å². The number of hydrogen-bond acceptors (Lipinski definition) is 2. The number of amides is 2. The zero-order valence-corrected chi connectivity index (χ0v) is 12.7. The summed E-state index contributed by atoms with van der Waals surface area (Å²) in [6, 6.07) is 5.66. The maximum absolute atomic E-state index is 11.9. The van der Waals surface area contributed by atoms with Gasteiger partial charge in [-0.05, 0) is 50.5 Å². The Hall–Kier alpha value is -1.84. The Morgan fingerprint density at radius 1 is 1.20 bits per heavy atom. The number of carbonyl (C=O) groups excluding carboxylic acids is 2. The van der Waals surface area contributed by atoms with Crippen LogP contribution in [0.3, 0.4) is 0 Å². The van der Waals surface area contributed by atoms with Gasteiger partial charge in [-0.1, -0.05) is 19.4 Å². The minimum atomic E-state index is -0.216. The normalized spacial score (nSPS) is 11.8. The molecule has 0 spiro atoms. The van der Waals surface area contributed by atoms with Crippen LogP contribution in [0.4, 0.5) is 0 Å². The largest absolute Gasteiger partial charge is 0.352 e. The monoisotopic (exact) mass is 276 g/mol. The van der Waals surface area contributed by atoms with Crippen molar-refractivity contribution in [3.8, 4) is 0 Å². The summed E-state index contributed by atoms with van der Waals surface area (Å²) >= 11 is 0. The molecule has 20 heavy (non-hydrogen) atoms. The summed E-state index contributed by atoms with van der Waals surface area (Å²) in [6.45, 7) is 8.02. The second-order valence-electron chi connectivity index (χ2n) is 5.24. The molecule has 0 radical (unpaired) electrons. The van der Waals surface area contributed by atoms with Gasteiger partial charge in [0.2, 0.25) is 5.91 Å². The SMILES string of the molecule is CCCC(C)NC(=O)CNC(=O)c1ccc(C)c(C)c1. The maximum atomic E-state index is 11.9. The van der Waals surface area contributed by atoms with Crippen molar-refractivity contribution in [3.63, 3.8) is 0 Å². The minimum Gasteiger partial charge on any atom is -0.352 e. The van der Waals surface area contributed by atoms with Gasteiger partial charge in [-0.3, -0.25) is 9.59 Å². The summed E-state index contributed by atoms with van der Waals surface area (Å²) in [4.78, 5) is 23.6. The molecule has 0 aliphatic carbocycles. The van der Waals surface area contributed by atoms with Gasteiger partial charge < -0.3 is 10.6 Å². The molecule has 0 aliphatic heterocycles. The molecule has 110 valence electrons. The number of hydrogen-bond donors (Lipinski definition) is 2. The standard InChI is InChI=1S/C16H24N2O2/c1-5-6-13(4)18-15(19)10-17-16(20)14-8-7-11(2)12(3)9-14/h7-9,13H,5-6,10H2,1-4H3,(H,17,20)(H,18,19). The number of benzene rings is 1. The van der Waals surface area contributed by atoms with E-state index in [2.05, 4.69) is 17.6 Å². The lowest BCUT2D eigenvalue weighted by atomic mass is 10.1. The van der Waals surface area contributed by atoms with E-state index in [9.17, 15) is 9.59 Å². The van der Waals surface area contributed by atoms with Gasteiger partial charge in [0.1, 0.15) is 0 Å². The van der Waals surface area contributed by atoms with Gasteiger partial charge >= 0.3 is 0 Å². The highest BCUT2D eigenvalue weighted by Gasteiger charge is 2.10. The Kier molecular flexibility index (Phi) is 6.22. The van der Waals surface area contributed by atoms with Gasteiger partial charge in [-0.15, -0.1) is 0 Å². The fourth-order valence-electron chi connectivity index (χ4n) is 1.98. The predicted octanol–water partition coefficient (Wildman–Crippen LogP) is 2.34. The first-order valence-corrected chi connectivity index (χ1v) is 7.08. The Balaban J connectivity index is 2.46. The van der Waals surface area contributed by atoms with Gasteiger partial charge in [0, 0.05) is 11.6 Å². The lowest BCUT2D eigenvalue weighted by Gasteiger charge is -2.13. The molecule has 1 atom stereocenters. The molecular formula is C16H24N2O2. The zero-order valence-electron chi connectivity index (χ0n) is 12.7. The van der Waals surface area contributed by atoms with E-state index in [-0.39, 0.29) is 24.4 Å². The molecule has 2 N–H and O–H groups in total. The molecule has 0 aromatic heterocycles. The quantitative estimate of drug-likeness (QED) is 0.838. The van der Waals surface area contributed by atoms with Crippen LogP contribution in [0, 0.1) is 13.8 Å². The molecule has 2 amide bonds. The molecule has 4 heteroatoms. The number of nitrogens with one attached hydrogen (secondary N) is 2. The topological polar surface area (TPSA) is 58.2 Å². The molecule has 0 fully saturated rings. The Morgan fingerprint density at radius 2 is 1.90 bits per heavy atom. The second-order valence-corrected chi connectivity index (χ2v) is 5.24. The summed E-state index contributed by atoms with van der Waals surface area (Å²) in [5.41, 5.74) is 2.80. The first-order valence-electron chi connectivity index (χ1n) is 7.08. The lowest BCUT2D eigenvalue weighted by molar-refractivity contribution is -0.120. The van der Waals surface area contributed by atoms with Crippen molar-refractivity contribution in [2.24, 2.45) is 0 Å². The van der Waals surface area contributed by atoms with Gasteiger partial charge in [0.05, 0.1) is 6.54 Å². The van der Waals surface area contributed by atoms with E-state index in [0.717, 1.165) is 24.0 Å². The summed E-state index contributed by atoms with van der Waals surface area (Å²) in [5.74, 6) is -0.366. The maximum Gasteiger partial charge on any atom is 0.251 e. The third kappa shape index (κ3) is 5.03. The molecule has 1 aromatic rings. The van der Waals surface area contributed by atoms with Crippen molar-refractivity contribution in [2.45, 2.75) is 46.6 Å². The molecule has 1 rings (SSSR count). The summed E-state index contributed by atoms with van der Waals surface area (Å²) in [5, 5.41) is 5.50. The number of carbonyl (C=O) groups is 2. The lowest BCUT2D eigenvalue weighted by Crippen LogP contribution is -2.40. The second kappa shape index (κ2) is 7.68. The number of rotatable bonds is 6. The highest BCUT2D eigenvalue weighted by molar-refractivity contribution is 5.96. The Bertz CT molecular complexity index is 483. The van der Waals surface area contributed by atoms with Gasteiger partial charge in [-0.2, -0.15) is 0 Å². The predicted molar refractivity (Wildman–Crippen MR) is 80.8 cm³/mol. The fraction of sp³-hybridized carbons (Fsp3) is 0.500. The van der Waals surface area contributed by atoms with Crippen LogP contribution in [0.5, 0.6) is 0 Å². The van der Waals surface area contributed by atoms with Crippen LogP contribution in [0.25, 0.3) is 0 Å². The molecule has 1 aromatic carbocycles. The third-order valence-corrected chi connectivity index (χ3v) is 3.31. The fourth-order valence-corrected chi connectivity index (χ4v) is 1.98. The third-order valence-electron chi connectivity index (χ3n) is 3.31. The average molecular weight is 276 g/mol. The van der Waals surface area contributed by atoms with Crippen LogP contribution in [0.2, 0.25) is 0 Å². The van der Waals surface area contributed by atoms with E-state index in [1.807, 2.05) is 32.9 Å². The van der Waals surface area contributed by atoms with E-state index in [4.69, 9.17) is 0 Å². The van der Waals surface area contributed by atoms with E-state index >= 15 is 0 Å². The van der Waals surface area contributed by atoms with Crippen molar-refractivity contribution in [1.29, 1.82) is 0 Å². The van der Waals surface area contributed by atoms with E-state index in [1.165, 1.54) is 0 Å². The first-order chi connectivity index (χ1) is 9.43. The first kappa shape index (κ1) is 16.2.